The lowest BCUT2D eigenvalue weighted by Gasteiger charge is -2.48. The van der Waals surface area contributed by atoms with Gasteiger partial charge in [-0.1, -0.05) is 60.7 Å². The van der Waals surface area contributed by atoms with Crippen LogP contribution in [0.2, 0.25) is 0 Å². The molecule has 0 bridgehead atoms. The van der Waals surface area contributed by atoms with Gasteiger partial charge in [0.2, 0.25) is 5.91 Å². The number of hydrogen-bond donors (Lipinski definition) is 0. The van der Waals surface area contributed by atoms with Gasteiger partial charge < -0.3 is 9.47 Å². The highest BCUT2D eigenvalue weighted by Gasteiger charge is 2.44. The van der Waals surface area contributed by atoms with Crippen LogP contribution in [0.1, 0.15) is 40.9 Å². The van der Waals surface area contributed by atoms with Gasteiger partial charge in [0.1, 0.15) is 6.17 Å². The van der Waals surface area contributed by atoms with E-state index in [2.05, 4.69) is 22.1 Å². The van der Waals surface area contributed by atoms with Crippen LogP contribution in [0.3, 0.4) is 0 Å². The lowest BCUT2D eigenvalue weighted by Crippen LogP contribution is -2.52. The van der Waals surface area contributed by atoms with Crippen LogP contribution in [0, 0.1) is 0 Å². The van der Waals surface area contributed by atoms with Crippen molar-refractivity contribution in [1.29, 1.82) is 0 Å². The van der Waals surface area contributed by atoms with Crippen molar-refractivity contribution in [1.82, 2.24) is 9.91 Å². The van der Waals surface area contributed by atoms with E-state index < -0.39 is 0 Å². The van der Waals surface area contributed by atoms with Gasteiger partial charge in [-0.3, -0.25) is 9.69 Å². The zero-order chi connectivity index (χ0) is 22.8. The molecular formula is C27H27N3O3. The average molecular weight is 442 g/mol. The highest BCUT2D eigenvalue weighted by Crippen LogP contribution is 2.46. The van der Waals surface area contributed by atoms with Crippen LogP contribution < -0.4 is 9.47 Å². The smallest absolute Gasteiger partial charge is 0.246 e. The van der Waals surface area contributed by atoms with Crippen molar-refractivity contribution in [2.24, 2.45) is 5.10 Å². The van der Waals surface area contributed by atoms with Crippen molar-refractivity contribution in [3.8, 4) is 11.5 Å². The van der Waals surface area contributed by atoms with Crippen molar-refractivity contribution in [2.45, 2.75) is 25.0 Å². The number of rotatable bonds is 5. The molecule has 6 heteroatoms. The monoisotopic (exact) mass is 441 g/mol. The summed E-state index contributed by atoms with van der Waals surface area (Å²) in [5.74, 6) is 1.41. The molecule has 0 unspecified atom stereocenters. The van der Waals surface area contributed by atoms with E-state index in [-0.39, 0.29) is 18.1 Å². The number of fused-ring (bicyclic) bond motifs is 3. The minimum absolute atomic E-state index is 0.0000749. The third-order valence-electron chi connectivity index (χ3n) is 6.44. The predicted molar refractivity (Wildman–Crippen MR) is 127 cm³/mol. The fourth-order valence-electron chi connectivity index (χ4n) is 4.86. The van der Waals surface area contributed by atoms with Crippen LogP contribution in [0.5, 0.6) is 11.5 Å². The summed E-state index contributed by atoms with van der Waals surface area (Å²) in [6.45, 7) is 0.817. The summed E-state index contributed by atoms with van der Waals surface area (Å²) in [5.41, 5.74) is 4.33. The first-order valence-electron chi connectivity index (χ1n) is 11.2. The van der Waals surface area contributed by atoms with Crippen LogP contribution >= 0.6 is 0 Å². The third kappa shape index (κ3) is 3.98. The fourth-order valence-corrected chi connectivity index (χ4v) is 4.86. The molecule has 0 aliphatic carbocycles. The molecule has 2 aliphatic heterocycles. The largest absolute Gasteiger partial charge is 0.493 e. The average Bonchev–Trinajstić information content (AvgIpc) is 2.87. The number of nitrogens with zero attached hydrogens (tertiary/aromatic N) is 3. The number of ether oxygens (including phenoxy) is 2. The molecule has 2 heterocycles. The molecule has 3 aromatic rings. The van der Waals surface area contributed by atoms with Gasteiger partial charge in [-0.15, -0.1) is 0 Å². The number of methoxy groups -OCH3 is 2. The Morgan fingerprint density at radius 1 is 0.939 bits per heavy atom. The molecule has 1 saturated heterocycles. The summed E-state index contributed by atoms with van der Waals surface area (Å²) < 4.78 is 11.1. The Kier molecular flexibility index (Phi) is 5.84. The second-order valence-corrected chi connectivity index (χ2v) is 8.29. The van der Waals surface area contributed by atoms with Gasteiger partial charge in [-0.05, 0) is 40.8 Å². The molecule has 0 spiro atoms. The van der Waals surface area contributed by atoms with E-state index in [1.54, 1.807) is 25.4 Å². The highest BCUT2D eigenvalue weighted by molar-refractivity contribution is 5.83. The minimum Gasteiger partial charge on any atom is -0.493 e. The van der Waals surface area contributed by atoms with Gasteiger partial charge in [0.15, 0.2) is 11.5 Å². The molecule has 168 valence electrons. The Labute approximate surface area is 194 Å². The highest BCUT2D eigenvalue weighted by atomic mass is 16.5. The summed E-state index contributed by atoms with van der Waals surface area (Å²) in [7, 11) is 3.29. The van der Waals surface area contributed by atoms with E-state index >= 15 is 0 Å². The van der Waals surface area contributed by atoms with E-state index in [4.69, 9.17) is 9.47 Å². The molecule has 0 aromatic heterocycles. The number of hydrogen-bond acceptors (Lipinski definition) is 5. The van der Waals surface area contributed by atoms with Crippen molar-refractivity contribution in [3.05, 3.63) is 95.1 Å². The van der Waals surface area contributed by atoms with Crippen LogP contribution in [-0.2, 0) is 11.2 Å². The van der Waals surface area contributed by atoms with Crippen molar-refractivity contribution < 1.29 is 14.3 Å². The molecule has 2 atom stereocenters. The molecule has 5 rings (SSSR count). The standard InChI is InChI=1S/C27H27N3O3/c1-32-24-15-21-13-14-29-23(22(21)16-25(24)33-2)17-26(31)30(27(29)20-11-7-4-8-12-20)28-18-19-9-5-3-6-10-19/h3-12,15-16,18,23,27H,13-14,17H2,1-2H3/t23-,27-/m1/s1. The summed E-state index contributed by atoms with van der Waals surface area (Å²) in [6, 6.07) is 24.0. The van der Waals surface area contributed by atoms with Gasteiger partial charge in [0, 0.05) is 19.0 Å². The maximum atomic E-state index is 13.5. The lowest BCUT2D eigenvalue weighted by molar-refractivity contribution is -0.150. The number of carbonyl (C=O) groups excluding carboxylic acids is 1. The molecule has 0 N–H and O–H groups in total. The minimum atomic E-state index is -0.279. The normalized spacial score (nSPS) is 20.4. The molecule has 1 amide bonds. The van der Waals surface area contributed by atoms with E-state index in [1.165, 1.54) is 5.56 Å². The molecule has 3 aromatic carbocycles. The molecule has 33 heavy (non-hydrogen) atoms. The zero-order valence-electron chi connectivity index (χ0n) is 18.8. The van der Waals surface area contributed by atoms with E-state index in [0.29, 0.717) is 12.2 Å². The van der Waals surface area contributed by atoms with Gasteiger partial charge in [0.25, 0.3) is 0 Å². The third-order valence-corrected chi connectivity index (χ3v) is 6.44. The molecule has 2 aliphatic rings. The first kappa shape index (κ1) is 21.2. The summed E-state index contributed by atoms with van der Waals surface area (Å²) >= 11 is 0. The number of hydrazone groups is 1. The van der Waals surface area contributed by atoms with Gasteiger partial charge in [0.05, 0.1) is 20.4 Å². The summed E-state index contributed by atoms with van der Waals surface area (Å²) in [5, 5.41) is 6.32. The topological polar surface area (TPSA) is 54.4 Å². The predicted octanol–water partition coefficient (Wildman–Crippen LogP) is 4.57. The quantitative estimate of drug-likeness (QED) is 0.545. The van der Waals surface area contributed by atoms with E-state index in [0.717, 1.165) is 35.4 Å². The van der Waals surface area contributed by atoms with Crippen LogP contribution in [0.4, 0.5) is 0 Å². The van der Waals surface area contributed by atoms with Crippen molar-refractivity contribution in [2.75, 3.05) is 20.8 Å². The molecule has 0 saturated carbocycles. The number of carbonyl (C=O) groups is 1. The fraction of sp³-hybridized carbons (Fsp3) is 0.259. The van der Waals surface area contributed by atoms with Crippen LogP contribution in [0.25, 0.3) is 0 Å². The van der Waals surface area contributed by atoms with E-state index in [9.17, 15) is 4.79 Å². The molecule has 1 fully saturated rings. The Morgan fingerprint density at radius 3 is 2.30 bits per heavy atom. The molecule has 6 nitrogen and oxygen atoms in total. The second-order valence-electron chi connectivity index (χ2n) is 8.29. The van der Waals surface area contributed by atoms with Gasteiger partial charge >= 0.3 is 0 Å². The Bertz CT molecular complexity index is 1160. The molecule has 0 radical (unpaired) electrons. The lowest BCUT2D eigenvalue weighted by atomic mass is 9.87. The van der Waals surface area contributed by atoms with E-state index in [1.807, 2.05) is 60.7 Å². The SMILES string of the molecule is COc1cc2c(cc1OC)[C@H]1CC(=O)N(N=Cc3ccccc3)[C@H](c3ccccc3)N1CC2. The number of amides is 1. The van der Waals surface area contributed by atoms with Crippen molar-refractivity contribution >= 4 is 12.1 Å². The van der Waals surface area contributed by atoms with Gasteiger partial charge in [-0.25, -0.2) is 5.01 Å². The maximum Gasteiger partial charge on any atom is 0.246 e. The molecular weight excluding hydrogens is 414 g/mol. The van der Waals surface area contributed by atoms with Gasteiger partial charge in [-0.2, -0.15) is 5.10 Å². The van der Waals surface area contributed by atoms with Crippen LogP contribution in [-0.4, -0.2) is 42.8 Å². The Morgan fingerprint density at radius 2 is 1.61 bits per heavy atom. The first-order chi connectivity index (χ1) is 16.2. The second kappa shape index (κ2) is 9.08. The maximum absolute atomic E-state index is 13.5. The van der Waals surface area contributed by atoms with Crippen LogP contribution in [0.15, 0.2) is 77.9 Å². The summed E-state index contributed by atoms with van der Waals surface area (Å²) in [4.78, 5) is 15.9. The first-order valence-corrected chi connectivity index (χ1v) is 11.2. The van der Waals surface area contributed by atoms with Crippen molar-refractivity contribution in [3.63, 3.8) is 0 Å². The Balaban J connectivity index is 1.56. The Hall–Kier alpha value is -3.64. The summed E-state index contributed by atoms with van der Waals surface area (Å²) in [6.07, 6.45) is 2.70. The number of benzene rings is 3. The zero-order valence-corrected chi connectivity index (χ0v) is 18.8.